The number of ether oxygens (including phenoxy) is 2. The summed E-state index contributed by atoms with van der Waals surface area (Å²) in [5.41, 5.74) is 0.744. The van der Waals surface area contributed by atoms with Gasteiger partial charge in [-0.3, -0.25) is 4.90 Å². The van der Waals surface area contributed by atoms with Gasteiger partial charge in [0.15, 0.2) is 0 Å². The molecule has 0 aromatic carbocycles. The number of β-amino-alcohol motifs (C(OH)–C–C–N with tert-alkyl or cyclic N) is 1. The molecule has 3 rings (SSSR count). The second-order valence-electron chi connectivity index (χ2n) is 5.60. The van der Waals surface area contributed by atoms with Crippen molar-refractivity contribution in [3.63, 3.8) is 0 Å². The number of aromatic nitrogens is 2. The molecule has 1 spiro atoms. The number of likely N-dealkylation sites (tertiary alicyclic amines) is 1. The number of hydrogen-bond acceptors (Lipinski definition) is 6. The summed E-state index contributed by atoms with van der Waals surface area (Å²) in [5, 5.41) is 10.4. The third-order valence-corrected chi connectivity index (χ3v) is 4.29. The number of aliphatic hydroxyl groups is 1. The van der Waals surface area contributed by atoms with Crippen molar-refractivity contribution in [2.45, 2.75) is 37.5 Å². The molecule has 6 nitrogen and oxygen atoms in total. The second kappa shape index (κ2) is 5.63. The van der Waals surface area contributed by atoms with E-state index in [0.717, 1.165) is 44.5 Å². The van der Waals surface area contributed by atoms with Crippen LogP contribution in [0.25, 0.3) is 0 Å². The molecule has 110 valence electrons. The van der Waals surface area contributed by atoms with E-state index in [2.05, 4.69) is 14.9 Å². The first-order valence-corrected chi connectivity index (χ1v) is 7.11. The van der Waals surface area contributed by atoms with Gasteiger partial charge in [0.05, 0.1) is 18.8 Å². The van der Waals surface area contributed by atoms with Crippen LogP contribution in [-0.2, 0) is 11.3 Å². The van der Waals surface area contributed by atoms with E-state index in [1.807, 2.05) is 0 Å². The Balaban J connectivity index is 1.59. The quantitative estimate of drug-likeness (QED) is 0.874. The van der Waals surface area contributed by atoms with Gasteiger partial charge in [-0.2, -0.15) is 0 Å². The molecule has 2 aliphatic heterocycles. The Morgan fingerprint density at radius 2 is 2.25 bits per heavy atom. The van der Waals surface area contributed by atoms with Gasteiger partial charge >= 0.3 is 6.01 Å². The van der Waals surface area contributed by atoms with Crippen molar-refractivity contribution >= 4 is 0 Å². The van der Waals surface area contributed by atoms with Gasteiger partial charge in [0, 0.05) is 44.2 Å². The summed E-state index contributed by atoms with van der Waals surface area (Å²) in [6, 6.07) is 0.380. The number of methoxy groups -OCH3 is 1. The average molecular weight is 279 g/mol. The highest BCUT2D eigenvalue weighted by Crippen LogP contribution is 2.36. The Hall–Kier alpha value is -1.24. The summed E-state index contributed by atoms with van der Waals surface area (Å²) in [6.07, 6.45) is 6.07. The van der Waals surface area contributed by atoms with E-state index in [0.29, 0.717) is 12.6 Å². The van der Waals surface area contributed by atoms with Crippen LogP contribution in [0, 0.1) is 0 Å². The zero-order chi connectivity index (χ0) is 14.0. The maximum absolute atomic E-state index is 10.4. The second-order valence-corrected chi connectivity index (χ2v) is 5.60. The van der Waals surface area contributed by atoms with Gasteiger partial charge in [-0.25, -0.2) is 9.97 Å². The SMILES string of the molecule is COc1ncc(CN2CC[C@@]3(CCCO3)[C@@H](O)C2)cn1. The fourth-order valence-corrected chi connectivity index (χ4v) is 3.13. The Morgan fingerprint density at radius 1 is 1.45 bits per heavy atom. The molecule has 2 saturated heterocycles. The summed E-state index contributed by atoms with van der Waals surface area (Å²) in [6.45, 7) is 3.11. The number of nitrogens with zero attached hydrogens (tertiary/aromatic N) is 3. The minimum atomic E-state index is -0.405. The molecule has 0 unspecified atom stereocenters. The molecular weight excluding hydrogens is 258 g/mol. The monoisotopic (exact) mass is 279 g/mol. The molecule has 0 saturated carbocycles. The zero-order valence-corrected chi connectivity index (χ0v) is 11.8. The zero-order valence-electron chi connectivity index (χ0n) is 11.8. The molecule has 2 aliphatic rings. The molecule has 1 aromatic heterocycles. The minimum Gasteiger partial charge on any atom is -0.467 e. The van der Waals surface area contributed by atoms with E-state index in [1.165, 1.54) is 0 Å². The van der Waals surface area contributed by atoms with Gasteiger partial charge in [0.2, 0.25) is 0 Å². The predicted molar refractivity (Wildman–Crippen MR) is 72.4 cm³/mol. The molecule has 0 bridgehead atoms. The summed E-state index contributed by atoms with van der Waals surface area (Å²) in [7, 11) is 1.55. The maximum Gasteiger partial charge on any atom is 0.316 e. The molecule has 1 N–H and O–H groups in total. The number of rotatable bonds is 3. The first-order chi connectivity index (χ1) is 9.72. The highest BCUT2D eigenvalue weighted by Gasteiger charge is 2.45. The lowest BCUT2D eigenvalue weighted by Crippen LogP contribution is -2.54. The number of piperidine rings is 1. The maximum atomic E-state index is 10.4. The lowest BCUT2D eigenvalue weighted by Gasteiger charge is -2.42. The first-order valence-electron chi connectivity index (χ1n) is 7.11. The highest BCUT2D eigenvalue weighted by atomic mass is 16.5. The predicted octanol–water partition coefficient (Wildman–Crippen LogP) is 0.601. The van der Waals surface area contributed by atoms with E-state index < -0.39 is 6.10 Å². The summed E-state index contributed by atoms with van der Waals surface area (Å²) in [4.78, 5) is 10.4. The Kier molecular flexibility index (Phi) is 3.87. The van der Waals surface area contributed by atoms with Crippen LogP contribution in [0.1, 0.15) is 24.8 Å². The van der Waals surface area contributed by atoms with Gasteiger partial charge in [-0.15, -0.1) is 0 Å². The highest BCUT2D eigenvalue weighted by molar-refractivity contribution is 5.08. The van der Waals surface area contributed by atoms with Gasteiger partial charge < -0.3 is 14.6 Å². The number of hydrogen-bond donors (Lipinski definition) is 1. The van der Waals surface area contributed by atoms with E-state index in [-0.39, 0.29) is 5.60 Å². The van der Waals surface area contributed by atoms with E-state index in [1.54, 1.807) is 19.5 Å². The van der Waals surface area contributed by atoms with Crippen LogP contribution in [0.4, 0.5) is 0 Å². The molecule has 1 aromatic rings. The molecule has 20 heavy (non-hydrogen) atoms. The standard InChI is InChI=1S/C14H21N3O3/c1-19-13-15-7-11(8-16-13)9-17-5-4-14(12(18)10-17)3-2-6-20-14/h7-8,12,18H,2-6,9-10H2,1H3/t12-,14-/m0/s1. The normalized spacial score (nSPS) is 30.8. The third kappa shape index (κ3) is 2.63. The van der Waals surface area contributed by atoms with Gasteiger partial charge in [0.25, 0.3) is 0 Å². The Morgan fingerprint density at radius 3 is 2.85 bits per heavy atom. The van der Waals surface area contributed by atoms with Crippen molar-refractivity contribution < 1.29 is 14.6 Å². The Labute approximate surface area is 118 Å². The third-order valence-electron chi connectivity index (χ3n) is 4.29. The van der Waals surface area contributed by atoms with E-state index >= 15 is 0 Å². The van der Waals surface area contributed by atoms with Crippen molar-refractivity contribution in [3.8, 4) is 6.01 Å². The van der Waals surface area contributed by atoms with Gasteiger partial charge in [0.1, 0.15) is 0 Å². The Bertz CT molecular complexity index is 445. The van der Waals surface area contributed by atoms with Crippen molar-refractivity contribution in [3.05, 3.63) is 18.0 Å². The van der Waals surface area contributed by atoms with Gasteiger partial charge in [-0.05, 0) is 19.3 Å². The lowest BCUT2D eigenvalue weighted by molar-refractivity contribution is -0.130. The van der Waals surface area contributed by atoms with Crippen molar-refractivity contribution in [1.82, 2.24) is 14.9 Å². The van der Waals surface area contributed by atoms with Crippen molar-refractivity contribution in [1.29, 1.82) is 0 Å². The van der Waals surface area contributed by atoms with Crippen molar-refractivity contribution in [2.24, 2.45) is 0 Å². The topological polar surface area (TPSA) is 67.7 Å². The van der Waals surface area contributed by atoms with Crippen LogP contribution < -0.4 is 4.74 Å². The molecule has 3 heterocycles. The molecule has 2 atom stereocenters. The summed E-state index contributed by atoms with van der Waals surface area (Å²) < 4.78 is 10.8. The molecule has 6 heteroatoms. The van der Waals surface area contributed by atoms with Crippen LogP contribution in [0.15, 0.2) is 12.4 Å². The molecule has 0 aliphatic carbocycles. The fraction of sp³-hybridized carbons (Fsp3) is 0.714. The minimum absolute atomic E-state index is 0.285. The van der Waals surface area contributed by atoms with E-state index in [4.69, 9.17) is 9.47 Å². The molecule has 0 radical (unpaired) electrons. The molecule has 2 fully saturated rings. The van der Waals surface area contributed by atoms with E-state index in [9.17, 15) is 5.11 Å². The van der Waals surface area contributed by atoms with Crippen LogP contribution >= 0.6 is 0 Å². The first kappa shape index (κ1) is 13.7. The summed E-state index contributed by atoms with van der Waals surface area (Å²) >= 11 is 0. The number of aliphatic hydroxyl groups excluding tert-OH is 1. The van der Waals surface area contributed by atoms with Crippen LogP contribution in [0.2, 0.25) is 0 Å². The fourth-order valence-electron chi connectivity index (χ4n) is 3.13. The summed E-state index contributed by atoms with van der Waals surface area (Å²) in [5.74, 6) is 0. The van der Waals surface area contributed by atoms with Crippen LogP contribution in [0.5, 0.6) is 6.01 Å². The molecular formula is C14H21N3O3. The van der Waals surface area contributed by atoms with Crippen molar-refractivity contribution in [2.75, 3.05) is 26.8 Å². The van der Waals surface area contributed by atoms with Crippen LogP contribution in [0.3, 0.4) is 0 Å². The average Bonchev–Trinajstić information content (AvgIpc) is 2.94. The van der Waals surface area contributed by atoms with Gasteiger partial charge in [-0.1, -0.05) is 0 Å². The largest absolute Gasteiger partial charge is 0.467 e. The smallest absolute Gasteiger partial charge is 0.316 e. The molecule has 0 amide bonds. The lowest BCUT2D eigenvalue weighted by atomic mass is 9.86. The van der Waals surface area contributed by atoms with Crippen LogP contribution in [-0.4, -0.2) is 58.5 Å².